The summed E-state index contributed by atoms with van der Waals surface area (Å²) in [5, 5.41) is 22.1. The summed E-state index contributed by atoms with van der Waals surface area (Å²) in [5.74, 6) is -0.231. The summed E-state index contributed by atoms with van der Waals surface area (Å²) >= 11 is 5.70. The van der Waals surface area contributed by atoms with Gasteiger partial charge in [0.15, 0.2) is 0 Å². The Morgan fingerprint density at radius 1 is 1.06 bits per heavy atom. The predicted molar refractivity (Wildman–Crippen MR) is 129 cm³/mol. The number of likely N-dealkylation sites (tertiary alicyclic amines) is 2. The van der Waals surface area contributed by atoms with Gasteiger partial charge in [0.2, 0.25) is 11.8 Å². The molecule has 0 bridgehead atoms. The lowest BCUT2D eigenvalue weighted by Gasteiger charge is -2.34. The van der Waals surface area contributed by atoms with E-state index in [0.717, 1.165) is 32.1 Å². The highest BCUT2D eigenvalue weighted by Crippen LogP contribution is 2.29. The molecular weight excluding hydrogens is 427 g/mol. The maximum absolute atomic E-state index is 13.3. The lowest BCUT2D eigenvalue weighted by atomic mass is 9.72. The van der Waals surface area contributed by atoms with Gasteiger partial charge in [-0.15, -0.1) is 0 Å². The summed E-state index contributed by atoms with van der Waals surface area (Å²) in [5.41, 5.74) is 6.36. The fourth-order valence-electron chi connectivity index (χ4n) is 5.38. The van der Waals surface area contributed by atoms with Crippen molar-refractivity contribution in [2.24, 2.45) is 17.6 Å². The van der Waals surface area contributed by atoms with Crippen LogP contribution in [0, 0.1) is 11.8 Å². The van der Waals surface area contributed by atoms with E-state index in [-0.39, 0.29) is 35.5 Å². The van der Waals surface area contributed by atoms with Crippen LogP contribution in [0.4, 0.5) is 0 Å². The van der Waals surface area contributed by atoms with Gasteiger partial charge < -0.3 is 30.9 Å². The summed E-state index contributed by atoms with van der Waals surface area (Å²) < 4.78 is 0. The molecule has 0 spiro atoms. The number of rotatable bonds is 7. The van der Waals surface area contributed by atoms with E-state index in [1.807, 2.05) is 18.7 Å². The van der Waals surface area contributed by atoms with E-state index in [2.05, 4.69) is 5.32 Å². The minimum atomic E-state index is -1.36. The molecule has 1 saturated carbocycles. The molecule has 0 radical (unpaired) electrons. The Balaban J connectivity index is 1.62. The number of hydrogen-bond acceptors (Lipinski definition) is 6. The molecular formula is C22H39BN4O4S. The van der Waals surface area contributed by atoms with E-state index in [1.54, 1.807) is 4.90 Å². The minimum Gasteiger partial charge on any atom is -0.427 e. The second-order valence-corrected chi connectivity index (χ2v) is 10.5. The number of carbonyl (C=O) groups excluding carboxylic acids is 2. The first-order valence-corrected chi connectivity index (χ1v) is 12.6. The largest absolute Gasteiger partial charge is 0.456 e. The number of nitrogens with zero attached hydrogens (tertiary/aromatic N) is 2. The lowest BCUT2D eigenvalue weighted by molar-refractivity contribution is -0.140. The molecule has 2 aliphatic heterocycles. The van der Waals surface area contributed by atoms with Crippen LogP contribution in [0.2, 0.25) is 5.82 Å². The van der Waals surface area contributed by atoms with Crippen LogP contribution in [-0.4, -0.2) is 81.5 Å². The number of hydrogen-bond donors (Lipinski definition) is 4. The molecule has 3 aliphatic rings. The quantitative estimate of drug-likeness (QED) is 0.325. The average molecular weight is 466 g/mol. The fraction of sp³-hybridized carbons (Fsp3) is 0.864. The topological polar surface area (TPSA) is 119 Å². The number of carbonyl (C=O) groups is 2. The third kappa shape index (κ3) is 5.82. The van der Waals surface area contributed by atoms with Crippen molar-refractivity contribution in [3.63, 3.8) is 0 Å². The molecule has 3 rings (SSSR count). The first-order valence-electron chi connectivity index (χ1n) is 12.2. The van der Waals surface area contributed by atoms with Crippen molar-refractivity contribution in [2.45, 2.75) is 89.2 Å². The minimum absolute atomic E-state index is 0.0691. The van der Waals surface area contributed by atoms with Gasteiger partial charge in [0.05, 0.1) is 12.1 Å². The van der Waals surface area contributed by atoms with E-state index in [0.29, 0.717) is 37.5 Å². The van der Waals surface area contributed by atoms with Gasteiger partial charge in [0.25, 0.3) is 0 Å². The molecule has 10 heteroatoms. The molecule has 8 nitrogen and oxygen atoms in total. The Morgan fingerprint density at radius 2 is 1.75 bits per heavy atom. The van der Waals surface area contributed by atoms with Gasteiger partial charge in [-0.25, -0.2) is 0 Å². The molecule has 2 amide bonds. The Labute approximate surface area is 197 Å². The van der Waals surface area contributed by atoms with Crippen molar-refractivity contribution in [1.82, 2.24) is 15.1 Å². The first kappa shape index (κ1) is 25.4. The molecule has 2 heterocycles. The number of nitrogens with one attached hydrogen (secondary N) is 1. The van der Waals surface area contributed by atoms with E-state index in [1.165, 1.54) is 6.42 Å². The van der Waals surface area contributed by atoms with Crippen LogP contribution in [0.3, 0.4) is 0 Å². The molecule has 180 valence electrons. The van der Waals surface area contributed by atoms with Crippen molar-refractivity contribution in [2.75, 3.05) is 19.6 Å². The number of amides is 2. The van der Waals surface area contributed by atoms with Crippen molar-refractivity contribution < 1.29 is 19.6 Å². The first-order chi connectivity index (χ1) is 15.2. The van der Waals surface area contributed by atoms with Crippen LogP contribution in [0.1, 0.15) is 65.2 Å². The zero-order valence-corrected chi connectivity index (χ0v) is 20.2. The van der Waals surface area contributed by atoms with Crippen LogP contribution in [-0.2, 0) is 9.59 Å². The van der Waals surface area contributed by atoms with Crippen LogP contribution < -0.4 is 11.1 Å². The summed E-state index contributed by atoms with van der Waals surface area (Å²) in [4.78, 5) is 30.7. The average Bonchev–Trinajstić information content (AvgIpc) is 3.46. The van der Waals surface area contributed by atoms with Gasteiger partial charge in [-0.3, -0.25) is 9.59 Å². The van der Waals surface area contributed by atoms with Gasteiger partial charge in [-0.05, 0) is 43.9 Å². The Kier molecular flexibility index (Phi) is 8.94. The molecule has 5 N–H and O–H groups in total. The smallest absolute Gasteiger partial charge is 0.427 e. The lowest BCUT2D eigenvalue weighted by Crippen LogP contribution is -2.57. The molecule has 32 heavy (non-hydrogen) atoms. The van der Waals surface area contributed by atoms with E-state index >= 15 is 0 Å². The van der Waals surface area contributed by atoms with Crippen molar-refractivity contribution >= 4 is 36.1 Å². The number of nitrogens with two attached hydrogens (primary N) is 1. The highest BCUT2D eigenvalue weighted by molar-refractivity contribution is 7.80. The second kappa shape index (κ2) is 11.3. The van der Waals surface area contributed by atoms with E-state index in [9.17, 15) is 19.6 Å². The summed E-state index contributed by atoms with van der Waals surface area (Å²) in [6.07, 6.45) is 7.50. The Hall–Kier alpha value is -1.23. The fourth-order valence-corrected chi connectivity index (χ4v) is 5.88. The van der Waals surface area contributed by atoms with Crippen LogP contribution in [0.15, 0.2) is 0 Å². The third-order valence-corrected chi connectivity index (χ3v) is 7.98. The van der Waals surface area contributed by atoms with Gasteiger partial charge in [-0.1, -0.05) is 45.3 Å². The van der Waals surface area contributed by atoms with Crippen LogP contribution in [0.5, 0.6) is 0 Å². The van der Waals surface area contributed by atoms with Crippen LogP contribution in [0.25, 0.3) is 0 Å². The highest BCUT2D eigenvalue weighted by atomic mass is 32.1. The van der Waals surface area contributed by atoms with Gasteiger partial charge in [-0.2, -0.15) is 0 Å². The zero-order chi connectivity index (χ0) is 23.4. The Morgan fingerprint density at radius 3 is 2.34 bits per heavy atom. The normalized spacial score (nSPS) is 26.3. The zero-order valence-electron chi connectivity index (χ0n) is 19.4. The van der Waals surface area contributed by atoms with Crippen molar-refractivity contribution in [1.29, 1.82) is 0 Å². The van der Waals surface area contributed by atoms with Crippen molar-refractivity contribution in [3.05, 3.63) is 0 Å². The SMILES string of the molecule is CC(C)[C@H](NC(=O)[C@@H]1CCCN1C(=O)[C@@H](N)C1CCCCC1)C(=S)N1CC[C@@H](B(O)O)C1. The molecule has 1 aliphatic carbocycles. The van der Waals surface area contributed by atoms with Crippen molar-refractivity contribution in [3.8, 4) is 0 Å². The standard InChI is InChI=1S/C22H39BN4O4S/c1-14(2)19(22(32)26-12-10-16(13-26)23(30)31)25-20(28)17-9-6-11-27(17)21(29)18(24)15-7-4-3-5-8-15/h14-19,30-31H,3-13,24H2,1-2H3,(H,25,28)/t16-,17+,18+,19+/m1/s1. The maximum atomic E-state index is 13.3. The molecule has 4 atom stereocenters. The van der Waals surface area contributed by atoms with E-state index in [4.69, 9.17) is 18.0 Å². The van der Waals surface area contributed by atoms with Gasteiger partial charge >= 0.3 is 7.12 Å². The molecule has 3 fully saturated rings. The Bertz CT molecular complexity index is 689. The summed E-state index contributed by atoms with van der Waals surface area (Å²) in [6, 6.07) is -1.39. The molecule has 2 saturated heterocycles. The third-order valence-electron chi connectivity index (χ3n) is 7.47. The van der Waals surface area contributed by atoms with Crippen LogP contribution >= 0.6 is 12.2 Å². The molecule has 0 aromatic rings. The number of thiocarbonyl (C=S) groups is 1. The molecule has 0 aromatic carbocycles. The second-order valence-electron chi connectivity index (χ2n) is 10.1. The van der Waals surface area contributed by atoms with Gasteiger partial charge in [0, 0.05) is 25.5 Å². The monoisotopic (exact) mass is 466 g/mol. The summed E-state index contributed by atoms with van der Waals surface area (Å²) in [6.45, 7) is 5.69. The maximum Gasteiger partial charge on any atom is 0.456 e. The van der Waals surface area contributed by atoms with Gasteiger partial charge in [0.1, 0.15) is 11.0 Å². The van der Waals surface area contributed by atoms with E-state index < -0.39 is 19.2 Å². The summed E-state index contributed by atoms with van der Waals surface area (Å²) in [7, 11) is -1.36. The highest BCUT2D eigenvalue weighted by Gasteiger charge is 2.40. The molecule has 0 unspecified atom stereocenters. The molecule has 0 aromatic heterocycles. The predicted octanol–water partition coefficient (Wildman–Crippen LogP) is 0.902.